The van der Waals surface area contributed by atoms with Gasteiger partial charge in [-0.1, -0.05) is 43.5 Å². The molecule has 0 spiro atoms. The molecule has 1 fully saturated rings. The van der Waals surface area contributed by atoms with Gasteiger partial charge in [-0.05, 0) is 51.0 Å². The predicted molar refractivity (Wildman–Crippen MR) is 111 cm³/mol. The Balaban J connectivity index is 1.76. The van der Waals surface area contributed by atoms with Crippen molar-refractivity contribution < 1.29 is 14.3 Å². The highest BCUT2D eigenvalue weighted by atomic mass is 16.5. The fraction of sp³-hybridized carbons (Fsp3) is 0.391. The van der Waals surface area contributed by atoms with Crippen LogP contribution in [0.2, 0.25) is 0 Å². The molecule has 2 N–H and O–H groups in total. The summed E-state index contributed by atoms with van der Waals surface area (Å²) in [6.07, 6.45) is 5.52. The number of benzene rings is 2. The first-order valence-electron chi connectivity index (χ1n) is 10.0. The first kappa shape index (κ1) is 19.9. The number of ether oxygens (including phenoxy) is 1. The maximum Gasteiger partial charge on any atom is 0.259 e. The summed E-state index contributed by atoms with van der Waals surface area (Å²) in [5.41, 5.74) is 1.42. The fourth-order valence-corrected chi connectivity index (χ4v) is 3.50. The predicted octanol–water partition coefficient (Wildman–Crippen LogP) is 4.79. The molecule has 1 saturated carbocycles. The van der Waals surface area contributed by atoms with E-state index in [1.54, 1.807) is 36.4 Å². The number of carbonyl (C=O) groups excluding carboxylic acids is 2. The molecule has 2 amide bonds. The van der Waals surface area contributed by atoms with Gasteiger partial charge < -0.3 is 15.4 Å². The van der Waals surface area contributed by atoms with Crippen molar-refractivity contribution in [1.82, 2.24) is 5.32 Å². The normalized spacial score (nSPS) is 14.5. The van der Waals surface area contributed by atoms with E-state index < -0.39 is 0 Å². The summed E-state index contributed by atoms with van der Waals surface area (Å²) < 4.78 is 5.74. The molecule has 28 heavy (non-hydrogen) atoms. The second-order valence-corrected chi connectivity index (χ2v) is 7.47. The lowest BCUT2D eigenvalue weighted by Gasteiger charge is -2.23. The van der Waals surface area contributed by atoms with E-state index in [1.165, 1.54) is 6.42 Å². The van der Waals surface area contributed by atoms with Gasteiger partial charge in [0.15, 0.2) is 0 Å². The number of carbonyl (C=O) groups is 2. The van der Waals surface area contributed by atoms with Crippen LogP contribution in [-0.2, 0) is 0 Å². The second kappa shape index (κ2) is 9.40. The Bertz CT molecular complexity index is 826. The van der Waals surface area contributed by atoms with E-state index in [0.29, 0.717) is 22.6 Å². The van der Waals surface area contributed by atoms with Crippen molar-refractivity contribution in [2.75, 3.05) is 5.32 Å². The molecule has 1 aliphatic rings. The lowest BCUT2D eigenvalue weighted by Crippen LogP contribution is -2.36. The van der Waals surface area contributed by atoms with Crippen molar-refractivity contribution in [2.24, 2.45) is 0 Å². The highest BCUT2D eigenvalue weighted by Crippen LogP contribution is 2.23. The molecule has 5 heteroatoms. The zero-order valence-electron chi connectivity index (χ0n) is 16.5. The Hall–Kier alpha value is -2.82. The lowest BCUT2D eigenvalue weighted by molar-refractivity contribution is 0.0928. The number of anilines is 1. The average molecular weight is 380 g/mol. The summed E-state index contributed by atoms with van der Waals surface area (Å²) in [6, 6.07) is 14.4. The number of para-hydroxylation sites is 2. The Morgan fingerprint density at radius 1 is 0.893 bits per heavy atom. The third-order valence-electron chi connectivity index (χ3n) is 4.85. The molecular weight excluding hydrogens is 352 g/mol. The van der Waals surface area contributed by atoms with Gasteiger partial charge in [0, 0.05) is 6.04 Å². The SMILES string of the molecule is CC(C)Oc1ccccc1C(=O)Nc1ccccc1C(=O)NC1CCCCC1. The van der Waals surface area contributed by atoms with Gasteiger partial charge in [-0.3, -0.25) is 9.59 Å². The van der Waals surface area contributed by atoms with Crippen LogP contribution >= 0.6 is 0 Å². The van der Waals surface area contributed by atoms with Gasteiger partial charge in [-0.25, -0.2) is 0 Å². The molecule has 0 unspecified atom stereocenters. The minimum atomic E-state index is -0.297. The van der Waals surface area contributed by atoms with Crippen molar-refractivity contribution in [3.8, 4) is 5.75 Å². The summed E-state index contributed by atoms with van der Waals surface area (Å²) in [6.45, 7) is 3.83. The summed E-state index contributed by atoms with van der Waals surface area (Å²) >= 11 is 0. The Morgan fingerprint density at radius 3 is 2.25 bits per heavy atom. The maximum atomic E-state index is 12.9. The third-order valence-corrected chi connectivity index (χ3v) is 4.85. The monoisotopic (exact) mass is 380 g/mol. The van der Waals surface area contributed by atoms with Crippen LogP contribution in [0.15, 0.2) is 48.5 Å². The molecule has 0 bridgehead atoms. The van der Waals surface area contributed by atoms with E-state index in [-0.39, 0.29) is 24.0 Å². The highest BCUT2D eigenvalue weighted by molar-refractivity contribution is 6.10. The van der Waals surface area contributed by atoms with Crippen LogP contribution in [0.5, 0.6) is 5.75 Å². The van der Waals surface area contributed by atoms with Crippen LogP contribution in [-0.4, -0.2) is 24.0 Å². The van der Waals surface area contributed by atoms with E-state index in [1.807, 2.05) is 26.0 Å². The number of amides is 2. The molecule has 0 aromatic heterocycles. The van der Waals surface area contributed by atoms with E-state index in [0.717, 1.165) is 25.7 Å². The average Bonchev–Trinajstić information content (AvgIpc) is 2.69. The third kappa shape index (κ3) is 5.12. The topological polar surface area (TPSA) is 67.4 Å². The maximum absolute atomic E-state index is 12.9. The number of hydrogen-bond donors (Lipinski definition) is 2. The van der Waals surface area contributed by atoms with Gasteiger partial charge in [-0.2, -0.15) is 0 Å². The molecule has 0 heterocycles. The van der Waals surface area contributed by atoms with Crippen molar-refractivity contribution in [3.05, 3.63) is 59.7 Å². The minimum absolute atomic E-state index is 0.0393. The van der Waals surface area contributed by atoms with Crippen LogP contribution in [0.3, 0.4) is 0 Å². The summed E-state index contributed by atoms with van der Waals surface area (Å²) in [5.74, 6) is 0.0859. The molecule has 1 aliphatic carbocycles. The van der Waals surface area contributed by atoms with Crippen LogP contribution in [0.25, 0.3) is 0 Å². The zero-order valence-corrected chi connectivity index (χ0v) is 16.5. The fourth-order valence-electron chi connectivity index (χ4n) is 3.50. The molecule has 2 aromatic carbocycles. The van der Waals surface area contributed by atoms with Crippen LogP contribution in [0, 0.1) is 0 Å². The highest BCUT2D eigenvalue weighted by Gasteiger charge is 2.20. The van der Waals surface area contributed by atoms with Crippen molar-refractivity contribution in [2.45, 2.75) is 58.1 Å². The molecule has 2 aromatic rings. The summed E-state index contributed by atoms with van der Waals surface area (Å²) in [7, 11) is 0. The standard InChI is InChI=1S/C23H28N2O3/c1-16(2)28-21-15-9-7-13-19(21)23(27)25-20-14-8-6-12-18(20)22(26)24-17-10-4-3-5-11-17/h6-9,12-17H,3-5,10-11H2,1-2H3,(H,24,26)(H,25,27). The molecular formula is C23H28N2O3. The smallest absolute Gasteiger partial charge is 0.259 e. The minimum Gasteiger partial charge on any atom is -0.490 e. The molecule has 3 rings (SSSR count). The van der Waals surface area contributed by atoms with Gasteiger partial charge in [0.1, 0.15) is 5.75 Å². The van der Waals surface area contributed by atoms with Crippen LogP contribution in [0.4, 0.5) is 5.69 Å². The van der Waals surface area contributed by atoms with Crippen molar-refractivity contribution in [3.63, 3.8) is 0 Å². The zero-order chi connectivity index (χ0) is 19.9. The van der Waals surface area contributed by atoms with Gasteiger partial charge in [0.2, 0.25) is 0 Å². The first-order chi connectivity index (χ1) is 13.5. The van der Waals surface area contributed by atoms with Crippen molar-refractivity contribution >= 4 is 17.5 Å². The number of nitrogens with one attached hydrogen (secondary N) is 2. The van der Waals surface area contributed by atoms with Gasteiger partial charge in [0.25, 0.3) is 11.8 Å². The van der Waals surface area contributed by atoms with Crippen LogP contribution < -0.4 is 15.4 Å². The largest absolute Gasteiger partial charge is 0.490 e. The molecule has 0 radical (unpaired) electrons. The Kier molecular flexibility index (Phi) is 6.69. The van der Waals surface area contributed by atoms with Crippen molar-refractivity contribution in [1.29, 1.82) is 0 Å². The number of hydrogen-bond acceptors (Lipinski definition) is 3. The van der Waals surface area contributed by atoms with Gasteiger partial charge in [0.05, 0.1) is 22.9 Å². The Morgan fingerprint density at radius 2 is 1.54 bits per heavy atom. The van der Waals surface area contributed by atoms with Gasteiger partial charge >= 0.3 is 0 Å². The summed E-state index contributed by atoms with van der Waals surface area (Å²) in [4.78, 5) is 25.6. The van der Waals surface area contributed by atoms with E-state index in [2.05, 4.69) is 10.6 Å². The van der Waals surface area contributed by atoms with E-state index >= 15 is 0 Å². The lowest BCUT2D eigenvalue weighted by atomic mass is 9.95. The molecule has 148 valence electrons. The molecule has 0 saturated heterocycles. The van der Waals surface area contributed by atoms with Gasteiger partial charge in [-0.15, -0.1) is 0 Å². The quantitative estimate of drug-likeness (QED) is 0.757. The molecule has 5 nitrogen and oxygen atoms in total. The van der Waals surface area contributed by atoms with Crippen LogP contribution in [0.1, 0.15) is 66.7 Å². The van der Waals surface area contributed by atoms with E-state index in [9.17, 15) is 9.59 Å². The number of rotatable bonds is 6. The summed E-state index contributed by atoms with van der Waals surface area (Å²) in [5, 5.41) is 5.99. The van der Waals surface area contributed by atoms with E-state index in [4.69, 9.17) is 4.74 Å². The Labute approximate surface area is 166 Å². The first-order valence-corrected chi connectivity index (χ1v) is 10.0. The second-order valence-electron chi connectivity index (χ2n) is 7.47. The molecule has 0 atom stereocenters. The molecule has 0 aliphatic heterocycles.